The molecule has 156 valence electrons. The van der Waals surface area contributed by atoms with Gasteiger partial charge in [-0.3, -0.25) is 0 Å². The highest BCUT2D eigenvalue weighted by molar-refractivity contribution is 6.04. The van der Waals surface area contributed by atoms with Gasteiger partial charge in [0.15, 0.2) is 0 Å². The summed E-state index contributed by atoms with van der Waals surface area (Å²) < 4.78 is 15.7. The highest BCUT2D eigenvalue weighted by atomic mass is 19.1. The number of halogens is 1. The monoisotopic (exact) mass is 415 g/mol. The summed E-state index contributed by atoms with van der Waals surface area (Å²) >= 11 is 0. The van der Waals surface area contributed by atoms with Gasteiger partial charge in [-0.25, -0.2) is 9.18 Å². The number of hydrogen-bond acceptors (Lipinski definition) is 3. The summed E-state index contributed by atoms with van der Waals surface area (Å²) in [4.78, 5) is 11.3. The summed E-state index contributed by atoms with van der Waals surface area (Å²) in [5.41, 5.74) is 11.9. The molecule has 0 saturated carbocycles. The van der Waals surface area contributed by atoms with Crippen LogP contribution in [0, 0.1) is 11.2 Å². The summed E-state index contributed by atoms with van der Waals surface area (Å²) in [5, 5.41) is 17.9. The van der Waals surface area contributed by atoms with E-state index in [-0.39, 0.29) is 17.3 Å². The number of benzene rings is 3. The topological polar surface area (TPSA) is 92.1 Å². The fourth-order valence-corrected chi connectivity index (χ4v) is 4.01. The maximum Gasteiger partial charge on any atom is 0.335 e. The number of nitrogen functional groups attached to an aromatic ring is 1. The van der Waals surface area contributed by atoms with Gasteiger partial charge < -0.3 is 20.8 Å². The quantitative estimate of drug-likeness (QED) is 0.282. The van der Waals surface area contributed by atoms with Gasteiger partial charge in [0.1, 0.15) is 5.82 Å². The molecule has 4 N–H and O–H groups in total. The fourth-order valence-electron chi connectivity index (χ4n) is 4.01. The van der Waals surface area contributed by atoms with Crippen LogP contribution in [-0.2, 0) is 0 Å². The molecule has 0 aliphatic heterocycles. The van der Waals surface area contributed by atoms with Crippen LogP contribution in [0.1, 0.15) is 41.4 Å². The van der Waals surface area contributed by atoms with Crippen molar-refractivity contribution in [1.82, 2.24) is 4.57 Å². The molecule has 3 aromatic carbocycles. The van der Waals surface area contributed by atoms with Crippen molar-refractivity contribution in [3.63, 3.8) is 0 Å². The summed E-state index contributed by atoms with van der Waals surface area (Å²) in [6.07, 6.45) is 1.22. The lowest BCUT2D eigenvalue weighted by molar-refractivity contribution is 0.0697. The van der Waals surface area contributed by atoms with Crippen LogP contribution >= 0.6 is 0 Å². The summed E-state index contributed by atoms with van der Waals surface area (Å²) in [5.74, 6) is -1.21. The number of carboxylic acid groups (broad SMARTS) is 1. The number of nitrogens with zero attached hydrogens (tertiary/aromatic N) is 1. The molecule has 0 aliphatic carbocycles. The van der Waals surface area contributed by atoms with Gasteiger partial charge in [-0.05, 0) is 60.0 Å². The highest BCUT2D eigenvalue weighted by Gasteiger charge is 2.23. The van der Waals surface area contributed by atoms with E-state index in [0.29, 0.717) is 11.3 Å². The molecule has 31 heavy (non-hydrogen) atoms. The Morgan fingerprint density at radius 3 is 2.29 bits per heavy atom. The SMILES string of the molecule is CC(C)c1c(-c2ccc(C(=O)O)cc2)c2cc(N)c(C=N)cc2n1-c1ccc(F)cc1. The molecule has 0 amide bonds. The number of carboxylic acids is 1. The summed E-state index contributed by atoms with van der Waals surface area (Å²) in [6.45, 7) is 4.15. The van der Waals surface area contributed by atoms with Crippen LogP contribution in [0.4, 0.5) is 10.1 Å². The average molecular weight is 415 g/mol. The predicted molar refractivity (Wildman–Crippen MR) is 122 cm³/mol. The van der Waals surface area contributed by atoms with Crippen molar-refractivity contribution in [3.8, 4) is 16.8 Å². The Morgan fingerprint density at radius 2 is 1.74 bits per heavy atom. The van der Waals surface area contributed by atoms with Crippen molar-refractivity contribution in [3.05, 3.63) is 83.3 Å². The van der Waals surface area contributed by atoms with Gasteiger partial charge >= 0.3 is 5.97 Å². The van der Waals surface area contributed by atoms with Crippen molar-refractivity contribution in [2.24, 2.45) is 0 Å². The maximum absolute atomic E-state index is 13.6. The molecule has 1 aromatic heterocycles. The Kier molecular flexibility index (Phi) is 5.07. The van der Waals surface area contributed by atoms with E-state index in [4.69, 9.17) is 11.1 Å². The van der Waals surface area contributed by atoms with Crippen molar-refractivity contribution in [1.29, 1.82) is 5.41 Å². The summed E-state index contributed by atoms with van der Waals surface area (Å²) in [6, 6.07) is 16.7. The van der Waals surface area contributed by atoms with Gasteiger partial charge in [-0.15, -0.1) is 0 Å². The molecule has 0 atom stereocenters. The number of anilines is 1. The average Bonchev–Trinajstić information content (AvgIpc) is 3.08. The third kappa shape index (κ3) is 3.46. The Labute approximate surface area is 179 Å². The highest BCUT2D eigenvalue weighted by Crippen LogP contribution is 2.42. The van der Waals surface area contributed by atoms with Gasteiger partial charge in [0.25, 0.3) is 0 Å². The number of carbonyl (C=O) groups is 1. The molecule has 0 bridgehead atoms. The maximum atomic E-state index is 13.6. The first-order valence-electron chi connectivity index (χ1n) is 9.89. The van der Waals surface area contributed by atoms with E-state index in [9.17, 15) is 14.3 Å². The zero-order valence-electron chi connectivity index (χ0n) is 17.2. The first-order valence-corrected chi connectivity index (χ1v) is 9.89. The number of rotatable bonds is 5. The number of nitrogens with one attached hydrogen (secondary N) is 1. The van der Waals surface area contributed by atoms with Crippen molar-refractivity contribution >= 4 is 28.8 Å². The minimum absolute atomic E-state index is 0.0938. The molecular formula is C25H22FN3O2. The van der Waals surface area contributed by atoms with Crippen LogP contribution in [0.5, 0.6) is 0 Å². The van der Waals surface area contributed by atoms with Gasteiger partial charge in [0, 0.05) is 39.8 Å². The number of nitrogens with two attached hydrogens (primary N) is 1. The third-order valence-electron chi connectivity index (χ3n) is 5.42. The molecule has 0 spiro atoms. The molecule has 0 fully saturated rings. The number of hydrogen-bond donors (Lipinski definition) is 3. The van der Waals surface area contributed by atoms with E-state index in [1.807, 2.05) is 12.1 Å². The Balaban J connectivity index is 2.13. The van der Waals surface area contributed by atoms with Crippen molar-refractivity contribution < 1.29 is 14.3 Å². The second-order valence-electron chi connectivity index (χ2n) is 7.75. The van der Waals surface area contributed by atoms with Gasteiger partial charge in [0.2, 0.25) is 0 Å². The van der Waals surface area contributed by atoms with Crippen molar-refractivity contribution in [2.75, 3.05) is 5.73 Å². The summed E-state index contributed by atoms with van der Waals surface area (Å²) in [7, 11) is 0. The molecular weight excluding hydrogens is 393 g/mol. The number of aromatic nitrogens is 1. The number of fused-ring (bicyclic) bond motifs is 1. The van der Waals surface area contributed by atoms with E-state index < -0.39 is 5.97 Å². The van der Waals surface area contributed by atoms with Crippen LogP contribution in [0.15, 0.2) is 60.7 Å². The fraction of sp³-hybridized carbons (Fsp3) is 0.120. The molecule has 0 radical (unpaired) electrons. The standard InChI is InChI=1S/C25H22FN3O2/c1-14(2)24-23(15-3-5-16(6-4-15)25(30)31)20-12-21(28)17(13-27)11-22(20)29(24)19-9-7-18(26)8-10-19/h3-14,27H,28H2,1-2H3,(H,30,31). The van der Waals surface area contributed by atoms with E-state index >= 15 is 0 Å². The van der Waals surface area contributed by atoms with Crippen molar-refractivity contribution in [2.45, 2.75) is 19.8 Å². The van der Waals surface area contributed by atoms with Gasteiger partial charge in [-0.1, -0.05) is 26.0 Å². The lowest BCUT2D eigenvalue weighted by atomic mass is 9.95. The second kappa shape index (κ2) is 7.72. The van der Waals surface area contributed by atoms with E-state index in [0.717, 1.165) is 33.4 Å². The van der Waals surface area contributed by atoms with E-state index in [1.54, 1.807) is 36.4 Å². The Morgan fingerprint density at radius 1 is 1.10 bits per heavy atom. The number of aromatic carboxylic acids is 1. The second-order valence-corrected chi connectivity index (χ2v) is 7.75. The first-order chi connectivity index (χ1) is 14.8. The molecule has 0 saturated heterocycles. The molecule has 1 heterocycles. The van der Waals surface area contributed by atoms with Crippen LogP contribution in [-0.4, -0.2) is 21.9 Å². The first kappa shape index (κ1) is 20.3. The van der Waals surface area contributed by atoms with Crippen LogP contribution in [0.3, 0.4) is 0 Å². The Bertz CT molecular complexity index is 1300. The Hall–Kier alpha value is -3.93. The molecule has 6 heteroatoms. The molecule has 5 nitrogen and oxygen atoms in total. The van der Waals surface area contributed by atoms with Gasteiger partial charge in [0.05, 0.1) is 11.1 Å². The predicted octanol–water partition coefficient (Wildman–Crippen LogP) is 5.84. The van der Waals surface area contributed by atoms with E-state index in [2.05, 4.69) is 18.4 Å². The molecule has 0 aliphatic rings. The lowest BCUT2D eigenvalue weighted by Gasteiger charge is -2.16. The minimum Gasteiger partial charge on any atom is -0.478 e. The lowest BCUT2D eigenvalue weighted by Crippen LogP contribution is -2.03. The van der Waals surface area contributed by atoms with Crippen LogP contribution < -0.4 is 5.73 Å². The molecule has 4 rings (SSSR count). The van der Waals surface area contributed by atoms with E-state index in [1.165, 1.54) is 18.3 Å². The van der Waals surface area contributed by atoms with Crippen LogP contribution in [0.2, 0.25) is 0 Å². The zero-order valence-corrected chi connectivity index (χ0v) is 17.2. The third-order valence-corrected chi connectivity index (χ3v) is 5.42. The van der Waals surface area contributed by atoms with Crippen LogP contribution in [0.25, 0.3) is 27.7 Å². The van der Waals surface area contributed by atoms with Gasteiger partial charge in [-0.2, -0.15) is 0 Å². The normalized spacial score (nSPS) is 11.2. The zero-order chi connectivity index (χ0) is 22.3. The largest absolute Gasteiger partial charge is 0.478 e. The smallest absolute Gasteiger partial charge is 0.335 e. The minimum atomic E-state index is -0.982. The molecule has 0 unspecified atom stereocenters. The molecule has 4 aromatic rings.